The maximum absolute atomic E-state index is 8.89. The number of rotatable bonds is 7. The summed E-state index contributed by atoms with van der Waals surface area (Å²) >= 11 is 0. The van der Waals surface area contributed by atoms with Crippen LogP contribution in [0.15, 0.2) is 0 Å². The summed E-state index contributed by atoms with van der Waals surface area (Å²) < 4.78 is 0. The van der Waals surface area contributed by atoms with Crippen LogP contribution in [-0.2, 0) is 0 Å². The normalized spacial score (nSPS) is 14.1. The molecule has 114 valence electrons. The second-order valence-electron chi connectivity index (χ2n) is 5.90. The molecular weight excluding hydrogens is 262 g/mol. The molecule has 1 saturated carbocycles. The van der Waals surface area contributed by atoms with Crippen LogP contribution in [0.25, 0.3) is 0 Å². The molecule has 5 nitrogen and oxygen atoms in total. The molecule has 0 aliphatic heterocycles. The van der Waals surface area contributed by atoms with Crippen molar-refractivity contribution in [3.63, 3.8) is 0 Å². The molecule has 0 atom stereocenters. The molecule has 0 bridgehead atoms. The topological polar surface area (TPSA) is 64.8 Å². The van der Waals surface area contributed by atoms with E-state index in [1.807, 2.05) is 0 Å². The van der Waals surface area contributed by atoms with Gasteiger partial charge in [0, 0.05) is 30.6 Å². The Labute approximate surface area is 127 Å². The van der Waals surface area contributed by atoms with E-state index in [-0.39, 0.29) is 0 Å². The van der Waals surface area contributed by atoms with Gasteiger partial charge >= 0.3 is 0 Å². The third-order valence-electron chi connectivity index (χ3n) is 3.72. The molecule has 1 N–H and O–H groups in total. The summed E-state index contributed by atoms with van der Waals surface area (Å²) in [4.78, 5) is 11.7. The zero-order valence-corrected chi connectivity index (χ0v) is 13.5. The van der Waals surface area contributed by atoms with Gasteiger partial charge in [-0.15, -0.1) is 0 Å². The zero-order chi connectivity index (χ0) is 15.4. The standard InChI is InChI=1S/C16H25N5/c1-5-18-15-12(4)16(20-14(19-15)11(2)3)21(10-6-9-17)13-7-8-13/h11,13H,5-8,10H2,1-4H3,(H,18,19,20). The highest BCUT2D eigenvalue weighted by Gasteiger charge is 2.31. The third kappa shape index (κ3) is 3.63. The Bertz CT molecular complexity index is 528. The number of aromatic nitrogens is 2. The van der Waals surface area contributed by atoms with E-state index in [2.05, 4.69) is 49.0 Å². The zero-order valence-electron chi connectivity index (χ0n) is 13.5. The van der Waals surface area contributed by atoms with Gasteiger partial charge in [0.05, 0.1) is 12.5 Å². The van der Waals surface area contributed by atoms with E-state index in [1.54, 1.807) is 0 Å². The van der Waals surface area contributed by atoms with E-state index in [4.69, 9.17) is 10.2 Å². The second-order valence-corrected chi connectivity index (χ2v) is 5.90. The van der Waals surface area contributed by atoms with Gasteiger partial charge in [-0.2, -0.15) is 5.26 Å². The summed E-state index contributed by atoms with van der Waals surface area (Å²) in [6, 6.07) is 2.79. The fraction of sp³-hybridized carbons (Fsp3) is 0.688. The maximum Gasteiger partial charge on any atom is 0.137 e. The molecule has 1 aromatic rings. The molecule has 1 heterocycles. The van der Waals surface area contributed by atoms with Gasteiger partial charge in [-0.05, 0) is 26.7 Å². The smallest absolute Gasteiger partial charge is 0.137 e. The molecule has 2 rings (SSSR count). The molecule has 21 heavy (non-hydrogen) atoms. The molecule has 0 aromatic carbocycles. The molecule has 0 radical (unpaired) electrons. The highest BCUT2D eigenvalue weighted by molar-refractivity contribution is 5.60. The lowest BCUT2D eigenvalue weighted by molar-refractivity contribution is 0.731. The Morgan fingerprint density at radius 1 is 1.38 bits per heavy atom. The highest BCUT2D eigenvalue weighted by Crippen LogP contribution is 2.34. The molecule has 1 aliphatic carbocycles. The van der Waals surface area contributed by atoms with E-state index in [9.17, 15) is 0 Å². The summed E-state index contributed by atoms with van der Waals surface area (Å²) in [6.07, 6.45) is 2.93. The van der Waals surface area contributed by atoms with Crippen LogP contribution in [-0.4, -0.2) is 29.1 Å². The molecule has 0 spiro atoms. The van der Waals surface area contributed by atoms with E-state index in [0.29, 0.717) is 18.4 Å². The van der Waals surface area contributed by atoms with Crippen molar-refractivity contribution in [1.29, 1.82) is 5.26 Å². The molecule has 1 aromatic heterocycles. The van der Waals surface area contributed by atoms with Crippen molar-refractivity contribution in [3.8, 4) is 6.07 Å². The van der Waals surface area contributed by atoms with Gasteiger partial charge in [0.2, 0.25) is 0 Å². The quantitative estimate of drug-likeness (QED) is 0.834. The largest absolute Gasteiger partial charge is 0.370 e. The molecule has 1 fully saturated rings. The second kappa shape index (κ2) is 6.75. The van der Waals surface area contributed by atoms with E-state index in [1.165, 1.54) is 12.8 Å². The van der Waals surface area contributed by atoms with E-state index in [0.717, 1.165) is 36.1 Å². The minimum atomic E-state index is 0.291. The van der Waals surface area contributed by atoms with Gasteiger partial charge in [0.25, 0.3) is 0 Å². The van der Waals surface area contributed by atoms with Crippen LogP contribution in [0.3, 0.4) is 0 Å². The first-order valence-electron chi connectivity index (χ1n) is 7.84. The third-order valence-corrected chi connectivity index (χ3v) is 3.72. The summed E-state index contributed by atoms with van der Waals surface area (Å²) in [7, 11) is 0. The van der Waals surface area contributed by atoms with Crippen LogP contribution in [0, 0.1) is 18.3 Å². The Morgan fingerprint density at radius 2 is 2.10 bits per heavy atom. The highest BCUT2D eigenvalue weighted by atomic mass is 15.2. The van der Waals surface area contributed by atoms with Crippen LogP contribution in [0.5, 0.6) is 0 Å². The van der Waals surface area contributed by atoms with Crippen LogP contribution in [0.4, 0.5) is 11.6 Å². The Balaban J connectivity index is 2.41. The first-order valence-corrected chi connectivity index (χ1v) is 7.84. The van der Waals surface area contributed by atoms with Crippen LogP contribution < -0.4 is 10.2 Å². The SMILES string of the molecule is CCNc1nc(C(C)C)nc(N(CCC#N)C2CC2)c1C. The maximum atomic E-state index is 8.89. The number of hydrogen-bond acceptors (Lipinski definition) is 5. The number of nitrogens with one attached hydrogen (secondary N) is 1. The van der Waals surface area contributed by atoms with Crippen molar-refractivity contribution in [1.82, 2.24) is 9.97 Å². The Kier molecular flexibility index (Phi) is 5.00. The fourth-order valence-corrected chi connectivity index (χ4v) is 2.42. The van der Waals surface area contributed by atoms with Gasteiger partial charge in [0.15, 0.2) is 0 Å². The van der Waals surface area contributed by atoms with Gasteiger partial charge in [0.1, 0.15) is 17.5 Å². The molecule has 5 heteroatoms. The predicted octanol–water partition coefficient (Wildman–Crippen LogP) is 3.22. The lowest BCUT2D eigenvalue weighted by Gasteiger charge is -2.26. The van der Waals surface area contributed by atoms with Crippen molar-refractivity contribution < 1.29 is 0 Å². The minimum absolute atomic E-state index is 0.291. The fourth-order valence-electron chi connectivity index (χ4n) is 2.42. The Hall–Kier alpha value is -1.83. The Morgan fingerprint density at radius 3 is 2.62 bits per heavy atom. The van der Waals surface area contributed by atoms with E-state index < -0.39 is 0 Å². The van der Waals surface area contributed by atoms with Crippen molar-refractivity contribution in [2.45, 2.75) is 58.9 Å². The molecule has 0 unspecified atom stereocenters. The molecule has 0 amide bonds. The van der Waals surface area contributed by atoms with Crippen LogP contribution in [0.2, 0.25) is 0 Å². The van der Waals surface area contributed by atoms with Crippen molar-refractivity contribution in [2.24, 2.45) is 0 Å². The summed E-state index contributed by atoms with van der Waals surface area (Å²) in [5.41, 5.74) is 1.09. The number of anilines is 2. The average molecular weight is 287 g/mol. The molecular formula is C16H25N5. The first kappa shape index (κ1) is 15.6. The lowest BCUT2D eigenvalue weighted by atomic mass is 10.2. The monoisotopic (exact) mass is 287 g/mol. The number of nitriles is 1. The van der Waals surface area contributed by atoms with Gasteiger partial charge < -0.3 is 10.2 Å². The van der Waals surface area contributed by atoms with Crippen molar-refractivity contribution >= 4 is 11.6 Å². The number of hydrogen-bond donors (Lipinski definition) is 1. The summed E-state index contributed by atoms with van der Waals surface area (Å²) in [5.74, 6) is 3.09. The van der Waals surface area contributed by atoms with Crippen LogP contribution in [0.1, 0.15) is 57.3 Å². The summed E-state index contributed by atoms with van der Waals surface area (Å²) in [6.45, 7) is 9.96. The average Bonchev–Trinajstić information content (AvgIpc) is 3.27. The first-order chi connectivity index (χ1) is 10.1. The predicted molar refractivity (Wildman–Crippen MR) is 85.6 cm³/mol. The van der Waals surface area contributed by atoms with Crippen molar-refractivity contribution in [2.75, 3.05) is 23.3 Å². The molecule has 0 saturated heterocycles. The van der Waals surface area contributed by atoms with Crippen molar-refractivity contribution in [3.05, 3.63) is 11.4 Å². The molecule has 1 aliphatic rings. The number of nitrogens with zero attached hydrogens (tertiary/aromatic N) is 4. The lowest BCUT2D eigenvalue weighted by Crippen LogP contribution is -2.29. The van der Waals surface area contributed by atoms with E-state index >= 15 is 0 Å². The summed E-state index contributed by atoms with van der Waals surface area (Å²) in [5, 5.41) is 12.2. The van der Waals surface area contributed by atoms with Crippen LogP contribution >= 0.6 is 0 Å². The van der Waals surface area contributed by atoms with Gasteiger partial charge in [-0.25, -0.2) is 9.97 Å². The van der Waals surface area contributed by atoms with Gasteiger partial charge in [-0.1, -0.05) is 13.8 Å². The van der Waals surface area contributed by atoms with Gasteiger partial charge in [-0.3, -0.25) is 0 Å². The minimum Gasteiger partial charge on any atom is -0.370 e.